The van der Waals surface area contributed by atoms with Gasteiger partial charge in [-0.3, -0.25) is 0 Å². The van der Waals surface area contributed by atoms with Crippen molar-refractivity contribution in [2.24, 2.45) is 0 Å². The molecule has 0 fully saturated rings. The second kappa shape index (κ2) is 15.0. The van der Waals surface area contributed by atoms with Gasteiger partial charge in [0.2, 0.25) is 0 Å². The Labute approximate surface area is 114 Å². The molecule has 2 nitrogen and oxygen atoms in total. The number of aliphatic hydroxyl groups is 2. The molecule has 0 heterocycles. The Morgan fingerprint density at radius 1 is 0.722 bits per heavy atom. The largest absolute Gasteiger partial charge is 0.390 e. The van der Waals surface area contributed by atoms with E-state index in [4.69, 9.17) is 10.2 Å². The summed E-state index contributed by atoms with van der Waals surface area (Å²) in [5.41, 5.74) is 0. The molecule has 2 N–H and O–H groups in total. The number of hydrogen-bond donors (Lipinski definition) is 2. The van der Waals surface area contributed by atoms with Gasteiger partial charge in [-0.2, -0.15) is 0 Å². The van der Waals surface area contributed by atoms with Crippen LogP contribution in [0.5, 0.6) is 0 Å². The van der Waals surface area contributed by atoms with Crippen LogP contribution in [0.25, 0.3) is 0 Å². The first-order valence-corrected chi connectivity index (χ1v) is 7.76. The lowest BCUT2D eigenvalue weighted by Gasteiger charge is -2.05. The van der Waals surface area contributed by atoms with Crippen molar-refractivity contribution in [3.8, 4) is 0 Å². The lowest BCUT2D eigenvalue weighted by Crippen LogP contribution is -2.05. The third-order valence-electron chi connectivity index (χ3n) is 3.42. The zero-order valence-corrected chi connectivity index (χ0v) is 11.9. The number of unbranched alkanes of at least 4 members (excludes halogenated alkanes) is 11. The Morgan fingerprint density at radius 3 is 1.50 bits per heavy atom. The highest BCUT2D eigenvalue weighted by Gasteiger charge is 2.01. The molecule has 2 heteroatoms. The van der Waals surface area contributed by atoms with E-state index in [-0.39, 0.29) is 0 Å². The Morgan fingerprint density at radius 2 is 1.11 bits per heavy atom. The monoisotopic (exact) mass is 256 g/mol. The quantitative estimate of drug-likeness (QED) is 0.439. The summed E-state index contributed by atoms with van der Waals surface area (Å²) in [6, 6.07) is 0. The molecule has 2 radical (unpaired) electrons. The van der Waals surface area contributed by atoms with E-state index in [1.54, 1.807) is 0 Å². The van der Waals surface area contributed by atoms with Crippen molar-refractivity contribution in [3.63, 3.8) is 0 Å². The fraction of sp³-hybridized carbons (Fsp3) is 0.875. The highest BCUT2D eigenvalue weighted by Crippen LogP contribution is 2.13. The number of hydrogen-bond acceptors (Lipinski definition) is 2. The minimum Gasteiger partial charge on any atom is -0.390 e. The smallest absolute Gasteiger partial charge is 0.108 e. The van der Waals surface area contributed by atoms with Gasteiger partial charge in [-0.15, -0.1) is 0 Å². The van der Waals surface area contributed by atoms with Crippen LogP contribution in [-0.2, 0) is 0 Å². The van der Waals surface area contributed by atoms with Gasteiger partial charge in [-0.25, -0.2) is 0 Å². The maximum Gasteiger partial charge on any atom is 0.108 e. The Kier molecular flexibility index (Phi) is 14.9. The van der Waals surface area contributed by atoms with Gasteiger partial charge in [0.05, 0.1) is 6.10 Å². The van der Waals surface area contributed by atoms with Crippen LogP contribution in [-0.4, -0.2) is 16.3 Å². The molecule has 0 aliphatic carbocycles. The van der Waals surface area contributed by atoms with E-state index in [0.717, 1.165) is 19.4 Å². The van der Waals surface area contributed by atoms with Gasteiger partial charge in [0.1, 0.15) is 6.61 Å². The second-order valence-corrected chi connectivity index (χ2v) is 5.25. The molecule has 0 saturated carbocycles. The van der Waals surface area contributed by atoms with Crippen LogP contribution in [0.1, 0.15) is 83.5 Å². The molecule has 0 aromatic rings. The van der Waals surface area contributed by atoms with Gasteiger partial charge < -0.3 is 10.2 Å². The Bertz CT molecular complexity index is 148. The summed E-state index contributed by atoms with van der Waals surface area (Å²) in [7, 11) is 0. The van der Waals surface area contributed by atoms with Crippen LogP contribution in [0.4, 0.5) is 0 Å². The van der Waals surface area contributed by atoms with Gasteiger partial charge in [0.25, 0.3) is 0 Å². The van der Waals surface area contributed by atoms with Crippen molar-refractivity contribution >= 4 is 0 Å². The van der Waals surface area contributed by atoms with Crippen molar-refractivity contribution in [1.29, 1.82) is 0 Å². The molecule has 0 saturated heterocycles. The summed E-state index contributed by atoms with van der Waals surface area (Å²) >= 11 is 0. The maximum absolute atomic E-state index is 9.11. The van der Waals surface area contributed by atoms with E-state index in [2.05, 4.69) is 6.92 Å². The zero-order valence-electron chi connectivity index (χ0n) is 11.9. The number of aliphatic hydroxyl groups excluding tert-OH is 2. The average Bonchev–Trinajstić information content (AvgIpc) is 2.39. The zero-order chi connectivity index (χ0) is 13.5. The van der Waals surface area contributed by atoms with Gasteiger partial charge in [0.15, 0.2) is 0 Å². The van der Waals surface area contributed by atoms with E-state index in [1.165, 1.54) is 64.2 Å². The third-order valence-corrected chi connectivity index (χ3v) is 3.42. The molecular weight excluding hydrogens is 224 g/mol. The molecule has 108 valence electrons. The standard InChI is InChI=1S/C16H32O2/c1-2-3-4-5-6-7-8-9-10-11-12-13-14-16(18)15-17/h15-18H,1-14H2. The van der Waals surface area contributed by atoms with Crippen molar-refractivity contribution in [3.05, 3.63) is 13.5 Å². The van der Waals surface area contributed by atoms with Gasteiger partial charge in [-0.1, -0.05) is 84.0 Å². The summed E-state index contributed by atoms with van der Waals surface area (Å²) in [5.74, 6) is 0. The summed E-state index contributed by atoms with van der Waals surface area (Å²) in [4.78, 5) is 0. The van der Waals surface area contributed by atoms with E-state index in [9.17, 15) is 0 Å². The lowest BCUT2D eigenvalue weighted by atomic mass is 10.0. The molecule has 0 rings (SSSR count). The van der Waals surface area contributed by atoms with Crippen LogP contribution in [0, 0.1) is 13.5 Å². The highest BCUT2D eigenvalue weighted by atomic mass is 16.3. The first-order valence-electron chi connectivity index (χ1n) is 7.76. The molecule has 0 spiro atoms. The predicted octanol–water partition coefficient (Wildman–Crippen LogP) is 4.79. The molecule has 1 atom stereocenters. The molecule has 0 amide bonds. The fourth-order valence-corrected chi connectivity index (χ4v) is 2.20. The molecule has 0 aromatic carbocycles. The normalized spacial score (nSPS) is 12.8. The molecule has 0 aliphatic rings. The third kappa shape index (κ3) is 14.0. The van der Waals surface area contributed by atoms with Crippen molar-refractivity contribution in [1.82, 2.24) is 0 Å². The predicted molar refractivity (Wildman–Crippen MR) is 77.6 cm³/mol. The Balaban J connectivity index is 2.94. The van der Waals surface area contributed by atoms with E-state index in [0.29, 0.717) is 6.42 Å². The summed E-state index contributed by atoms with van der Waals surface area (Å²) in [6.45, 7) is 4.74. The maximum atomic E-state index is 9.11. The van der Waals surface area contributed by atoms with Crippen LogP contribution in [0.2, 0.25) is 0 Å². The fourth-order valence-electron chi connectivity index (χ4n) is 2.20. The topological polar surface area (TPSA) is 40.5 Å². The van der Waals surface area contributed by atoms with E-state index >= 15 is 0 Å². The van der Waals surface area contributed by atoms with Crippen LogP contribution >= 0.6 is 0 Å². The van der Waals surface area contributed by atoms with Crippen molar-refractivity contribution in [2.45, 2.75) is 89.6 Å². The van der Waals surface area contributed by atoms with Gasteiger partial charge in [0, 0.05) is 0 Å². The van der Waals surface area contributed by atoms with E-state index < -0.39 is 6.10 Å². The summed E-state index contributed by atoms with van der Waals surface area (Å²) < 4.78 is 0. The average molecular weight is 256 g/mol. The minimum absolute atomic E-state index is 0.622. The van der Waals surface area contributed by atoms with Crippen LogP contribution in [0.15, 0.2) is 0 Å². The number of rotatable bonds is 14. The first-order chi connectivity index (χ1) is 8.81. The Hall–Kier alpha value is -0.0800. The SMILES string of the molecule is [CH2]CCCCCCCCCCCCCC(O)[CH]O. The summed E-state index contributed by atoms with van der Waals surface area (Å²) in [6.07, 6.45) is 15.5. The van der Waals surface area contributed by atoms with Crippen molar-refractivity contribution < 1.29 is 10.2 Å². The second-order valence-electron chi connectivity index (χ2n) is 5.25. The van der Waals surface area contributed by atoms with Crippen LogP contribution < -0.4 is 0 Å². The summed E-state index contributed by atoms with van der Waals surface area (Å²) in [5, 5.41) is 17.6. The molecule has 0 aliphatic heterocycles. The minimum atomic E-state index is -0.622. The molecule has 0 bridgehead atoms. The van der Waals surface area contributed by atoms with Crippen molar-refractivity contribution in [2.75, 3.05) is 0 Å². The van der Waals surface area contributed by atoms with Gasteiger partial charge in [-0.05, 0) is 6.42 Å². The van der Waals surface area contributed by atoms with E-state index in [1.807, 2.05) is 0 Å². The highest BCUT2D eigenvalue weighted by molar-refractivity contribution is 4.62. The van der Waals surface area contributed by atoms with Gasteiger partial charge >= 0.3 is 0 Å². The molecule has 0 aromatic heterocycles. The molecule has 18 heavy (non-hydrogen) atoms. The first kappa shape index (κ1) is 17.9. The molecule has 1 unspecified atom stereocenters. The lowest BCUT2D eigenvalue weighted by molar-refractivity contribution is 0.133. The molecular formula is C16H32O2. The van der Waals surface area contributed by atoms with Crippen LogP contribution in [0.3, 0.4) is 0 Å².